The second-order valence-electron chi connectivity index (χ2n) is 2.81. The van der Waals surface area contributed by atoms with Crippen LogP contribution in [0.25, 0.3) is 0 Å². The third-order valence-electron chi connectivity index (χ3n) is 1.78. The molecule has 10 heteroatoms. The molecule has 0 radical (unpaired) electrons. The van der Waals surface area contributed by atoms with Gasteiger partial charge in [-0.2, -0.15) is 13.2 Å². The lowest BCUT2D eigenvalue weighted by molar-refractivity contribution is -0.422. The zero-order chi connectivity index (χ0) is 13.4. The van der Waals surface area contributed by atoms with E-state index in [1.807, 2.05) is 0 Å². The fourth-order valence-corrected chi connectivity index (χ4v) is 1.43. The predicted octanol–water partition coefficient (Wildman–Crippen LogP) is 3.18. The molecule has 1 rings (SSSR count). The first-order valence-electron chi connectivity index (χ1n) is 3.84. The Balaban J connectivity index is 3.61. The summed E-state index contributed by atoms with van der Waals surface area (Å²) in [6.45, 7) is 0. The average molecular weight is 271 g/mol. The summed E-state index contributed by atoms with van der Waals surface area (Å²) < 4.78 is 37.0. The molecule has 6 nitrogen and oxygen atoms in total. The number of hydrogen-bond acceptors (Lipinski definition) is 4. The summed E-state index contributed by atoms with van der Waals surface area (Å²) in [6.07, 6.45) is -4.92. The standard InChI is InChI=1S/C7H2ClF3N2O4/c8-5-3(7(9,10)11)1-2-4(12(14)15)6(5)13(16)17/h1-2H. The topological polar surface area (TPSA) is 86.3 Å². The predicted molar refractivity (Wildman–Crippen MR) is 49.8 cm³/mol. The molecule has 0 atom stereocenters. The van der Waals surface area contributed by atoms with Gasteiger partial charge in [0.2, 0.25) is 0 Å². The fraction of sp³-hybridized carbons (Fsp3) is 0.143. The Kier molecular flexibility index (Phi) is 3.23. The van der Waals surface area contributed by atoms with E-state index >= 15 is 0 Å². The molecule has 0 spiro atoms. The normalized spacial score (nSPS) is 11.3. The number of nitrogens with zero attached hydrogens (tertiary/aromatic N) is 2. The number of hydrogen-bond donors (Lipinski definition) is 0. The maximum absolute atomic E-state index is 12.3. The van der Waals surface area contributed by atoms with Gasteiger partial charge in [0.25, 0.3) is 0 Å². The van der Waals surface area contributed by atoms with E-state index in [9.17, 15) is 33.4 Å². The third kappa shape index (κ3) is 2.44. The highest BCUT2D eigenvalue weighted by Crippen LogP contribution is 2.43. The minimum absolute atomic E-state index is 0.327. The Morgan fingerprint density at radius 3 is 2.00 bits per heavy atom. The lowest BCUT2D eigenvalue weighted by Gasteiger charge is -2.08. The number of nitro benzene ring substituents is 2. The van der Waals surface area contributed by atoms with Crippen molar-refractivity contribution in [2.24, 2.45) is 0 Å². The first-order chi connectivity index (χ1) is 7.66. The van der Waals surface area contributed by atoms with Gasteiger partial charge in [-0.25, -0.2) is 0 Å². The molecule has 0 N–H and O–H groups in total. The molecule has 0 fully saturated rings. The molecule has 0 aliphatic heterocycles. The first kappa shape index (κ1) is 13.2. The zero-order valence-electron chi connectivity index (χ0n) is 7.69. The quantitative estimate of drug-likeness (QED) is 0.610. The van der Waals surface area contributed by atoms with E-state index in [1.165, 1.54) is 0 Å². The van der Waals surface area contributed by atoms with Crippen LogP contribution in [0.15, 0.2) is 12.1 Å². The maximum atomic E-state index is 12.3. The van der Waals surface area contributed by atoms with Crippen LogP contribution >= 0.6 is 11.6 Å². The van der Waals surface area contributed by atoms with E-state index in [0.717, 1.165) is 0 Å². The molecule has 0 heterocycles. The van der Waals surface area contributed by atoms with Crippen molar-refractivity contribution in [1.82, 2.24) is 0 Å². The van der Waals surface area contributed by atoms with Gasteiger partial charge < -0.3 is 0 Å². The van der Waals surface area contributed by atoms with Crippen LogP contribution in [0.5, 0.6) is 0 Å². The van der Waals surface area contributed by atoms with Crippen molar-refractivity contribution in [3.05, 3.63) is 42.9 Å². The van der Waals surface area contributed by atoms with Gasteiger partial charge in [0.1, 0.15) is 5.02 Å². The molecule has 0 saturated heterocycles. The van der Waals surface area contributed by atoms with Crippen molar-refractivity contribution in [3.8, 4) is 0 Å². The highest BCUT2D eigenvalue weighted by molar-refractivity contribution is 6.34. The zero-order valence-corrected chi connectivity index (χ0v) is 8.45. The average Bonchev–Trinajstić information content (AvgIpc) is 2.13. The molecule has 92 valence electrons. The monoisotopic (exact) mass is 270 g/mol. The van der Waals surface area contributed by atoms with Crippen LogP contribution in [-0.4, -0.2) is 9.85 Å². The summed E-state index contributed by atoms with van der Waals surface area (Å²) in [5.41, 5.74) is -3.95. The Hall–Kier alpha value is -1.90. The Labute approximate surface area is 95.9 Å². The second-order valence-corrected chi connectivity index (χ2v) is 3.18. The van der Waals surface area contributed by atoms with Crippen LogP contribution in [-0.2, 0) is 6.18 Å². The molecule has 0 bridgehead atoms. The Morgan fingerprint density at radius 2 is 1.65 bits per heavy atom. The summed E-state index contributed by atoms with van der Waals surface area (Å²) in [5.74, 6) is 0. The Morgan fingerprint density at radius 1 is 1.12 bits per heavy atom. The molecular formula is C7H2ClF3N2O4. The molecule has 1 aromatic rings. The molecule has 1 aromatic carbocycles. The number of benzene rings is 1. The van der Waals surface area contributed by atoms with Gasteiger partial charge in [0.15, 0.2) is 0 Å². The molecule has 17 heavy (non-hydrogen) atoms. The molecule has 0 aliphatic rings. The molecule has 0 unspecified atom stereocenters. The lowest BCUT2D eigenvalue weighted by Crippen LogP contribution is -2.08. The van der Waals surface area contributed by atoms with E-state index in [2.05, 4.69) is 0 Å². The molecule has 0 aliphatic carbocycles. The second kappa shape index (κ2) is 4.17. The largest absolute Gasteiger partial charge is 0.418 e. The summed E-state index contributed by atoms with van der Waals surface area (Å²) in [5, 5.41) is 19.6. The summed E-state index contributed by atoms with van der Waals surface area (Å²) in [7, 11) is 0. The van der Waals surface area contributed by atoms with Gasteiger partial charge in [-0.15, -0.1) is 0 Å². The summed E-state index contributed by atoms with van der Waals surface area (Å²) in [6, 6.07) is 0.723. The number of nitro groups is 2. The molecule has 0 saturated carbocycles. The molecular weight excluding hydrogens is 269 g/mol. The van der Waals surface area contributed by atoms with Gasteiger partial charge in [-0.3, -0.25) is 20.2 Å². The minimum Gasteiger partial charge on any atom is -0.258 e. The van der Waals surface area contributed by atoms with E-state index < -0.39 is 38.0 Å². The van der Waals surface area contributed by atoms with Crippen molar-refractivity contribution in [3.63, 3.8) is 0 Å². The Bertz CT molecular complexity index is 503. The van der Waals surface area contributed by atoms with Gasteiger partial charge in [0.05, 0.1) is 15.4 Å². The molecule has 0 aromatic heterocycles. The van der Waals surface area contributed by atoms with Crippen LogP contribution < -0.4 is 0 Å². The SMILES string of the molecule is O=[N+]([O-])c1ccc(C(F)(F)F)c(Cl)c1[N+](=O)[O-]. The maximum Gasteiger partial charge on any atom is 0.418 e. The van der Waals surface area contributed by atoms with Gasteiger partial charge in [-0.1, -0.05) is 11.6 Å². The summed E-state index contributed by atoms with van der Waals surface area (Å²) in [4.78, 5) is 18.4. The van der Waals surface area contributed by atoms with Crippen LogP contribution in [0.1, 0.15) is 5.56 Å². The third-order valence-corrected chi connectivity index (χ3v) is 2.16. The van der Waals surface area contributed by atoms with Gasteiger partial charge >= 0.3 is 17.6 Å². The first-order valence-corrected chi connectivity index (χ1v) is 4.22. The minimum atomic E-state index is -4.92. The van der Waals surface area contributed by atoms with Crippen LogP contribution in [0.2, 0.25) is 5.02 Å². The smallest absolute Gasteiger partial charge is 0.258 e. The number of alkyl halides is 3. The van der Waals surface area contributed by atoms with Crippen LogP contribution in [0.4, 0.5) is 24.5 Å². The molecule has 0 amide bonds. The van der Waals surface area contributed by atoms with Crippen molar-refractivity contribution in [2.75, 3.05) is 0 Å². The highest BCUT2D eigenvalue weighted by Gasteiger charge is 2.40. The van der Waals surface area contributed by atoms with Crippen molar-refractivity contribution < 1.29 is 23.0 Å². The number of rotatable bonds is 2. The summed E-state index contributed by atoms with van der Waals surface area (Å²) >= 11 is 5.17. The van der Waals surface area contributed by atoms with Crippen molar-refractivity contribution >= 4 is 23.0 Å². The lowest BCUT2D eigenvalue weighted by atomic mass is 10.1. The fourth-order valence-electron chi connectivity index (χ4n) is 1.09. The number of halogens is 4. The van der Waals surface area contributed by atoms with E-state index in [-0.39, 0.29) is 0 Å². The van der Waals surface area contributed by atoms with Crippen LogP contribution in [0, 0.1) is 20.2 Å². The van der Waals surface area contributed by atoms with Crippen LogP contribution in [0.3, 0.4) is 0 Å². The van der Waals surface area contributed by atoms with Gasteiger partial charge in [-0.05, 0) is 6.07 Å². The van der Waals surface area contributed by atoms with E-state index in [4.69, 9.17) is 11.6 Å². The van der Waals surface area contributed by atoms with E-state index in [1.54, 1.807) is 0 Å². The van der Waals surface area contributed by atoms with Crippen molar-refractivity contribution in [1.29, 1.82) is 0 Å². The van der Waals surface area contributed by atoms with Crippen molar-refractivity contribution in [2.45, 2.75) is 6.18 Å². The van der Waals surface area contributed by atoms with E-state index in [0.29, 0.717) is 12.1 Å². The highest BCUT2D eigenvalue weighted by atomic mass is 35.5. The van der Waals surface area contributed by atoms with Gasteiger partial charge in [0, 0.05) is 6.07 Å².